The molecule has 0 saturated carbocycles. The fourth-order valence-electron chi connectivity index (χ4n) is 1.35. The van der Waals surface area contributed by atoms with Gasteiger partial charge in [-0.2, -0.15) is 8.78 Å². The summed E-state index contributed by atoms with van der Waals surface area (Å²) >= 11 is 0. The third-order valence-electron chi connectivity index (χ3n) is 2.38. The van der Waals surface area contributed by atoms with Gasteiger partial charge in [0.15, 0.2) is 0 Å². The van der Waals surface area contributed by atoms with Crippen LogP contribution < -0.4 is 4.74 Å². The van der Waals surface area contributed by atoms with Crippen molar-refractivity contribution < 1.29 is 18.6 Å². The molecule has 2 nitrogen and oxygen atoms in total. The lowest BCUT2D eigenvalue weighted by molar-refractivity contribution is -0.0498. The predicted octanol–water partition coefficient (Wildman–Crippen LogP) is 3.32. The van der Waals surface area contributed by atoms with E-state index in [9.17, 15) is 8.78 Å². The quantitative estimate of drug-likeness (QED) is 0.858. The molecule has 17 heavy (non-hydrogen) atoms. The van der Waals surface area contributed by atoms with Gasteiger partial charge >= 0.3 is 6.61 Å². The Morgan fingerprint density at radius 3 is 2.29 bits per heavy atom. The van der Waals surface area contributed by atoms with Crippen molar-refractivity contribution in [3.63, 3.8) is 0 Å². The molecule has 0 unspecified atom stereocenters. The monoisotopic (exact) mass is 242 g/mol. The molecule has 0 spiro atoms. The third-order valence-corrected chi connectivity index (χ3v) is 2.38. The molecule has 4 heteroatoms. The maximum absolute atomic E-state index is 11.9. The summed E-state index contributed by atoms with van der Waals surface area (Å²) < 4.78 is 28.1. The second kappa shape index (κ2) is 6.35. The molecule has 0 aromatic heterocycles. The van der Waals surface area contributed by atoms with Gasteiger partial charge in [0.05, 0.1) is 6.61 Å². The van der Waals surface area contributed by atoms with Crippen molar-refractivity contribution >= 4 is 6.08 Å². The molecule has 0 saturated heterocycles. The van der Waals surface area contributed by atoms with Crippen molar-refractivity contribution in [1.82, 2.24) is 0 Å². The van der Waals surface area contributed by atoms with Crippen LogP contribution in [0.25, 0.3) is 6.08 Å². The summed E-state index contributed by atoms with van der Waals surface area (Å²) in [7, 11) is 0. The van der Waals surface area contributed by atoms with Crippen molar-refractivity contribution in [1.29, 1.82) is 0 Å². The van der Waals surface area contributed by atoms with Gasteiger partial charge in [-0.25, -0.2) is 0 Å². The molecule has 0 heterocycles. The highest BCUT2D eigenvalue weighted by atomic mass is 19.3. The molecular formula is C13H16F2O2. The van der Waals surface area contributed by atoms with E-state index in [1.807, 2.05) is 19.9 Å². The predicted molar refractivity (Wildman–Crippen MR) is 63.0 cm³/mol. The second-order valence-electron chi connectivity index (χ2n) is 3.98. The maximum Gasteiger partial charge on any atom is 0.387 e. The highest BCUT2D eigenvalue weighted by Crippen LogP contribution is 2.18. The van der Waals surface area contributed by atoms with Crippen molar-refractivity contribution in [3.05, 3.63) is 35.4 Å². The minimum Gasteiger partial charge on any atom is -0.435 e. The van der Waals surface area contributed by atoms with Gasteiger partial charge in [0.25, 0.3) is 0 Å². The fraction of sp³-hybridized carbons (Fsp3) is 0.385. The van der Waals surface area contributed by atoms with Crippen LogP contribution in [-0.4, -0.2) is 18.3 Å². The normalized spacial score (nSPS) is 12.3. The summed E-state index contributed by atoms with van der Waals surface area (Å²) in [5.41, 5.74) is 1.75. The number of hydrogen-bond donors (Lipinski definition) is 1. The molecule has 0 radical (unpaired) electrons. The minimum absolute atomic E-state index is 0.00699. The zero-order chi connectivity index (χ0) is 12.8. The first-order valence-corrected chi connectivity index (χ1v) is 5.39. The lowest BCUT2D eigenvalue weighted by Gasteiger charge is -2.08. The van der Waals surface area contributed by atoms with Gasteiger partial charge in [0, 0.05) is 0 Å². The molecule has 1 N–H and O–H groups in total. The molecule has 0 aliphatic carbocycles. The van der Waals surface area contributed by atoms with Gasteiger partial charge < -0.3 is 9.84 Å². The molecule has 0 aliphatic rings. The van der Waals surface area contributed by atoms with E-state index in [2.05, 4.69) is 4.74 Å². The highest BCUT2D eigenvalue weighted by molar-refractivity contribution is 5.54. The molecule has 0 fully saturated rings. The fourth-order valence-corrected chi connectivity index (χ4v) is 1.35. The molecule has 1 aromatic rings. The molecule has 1 rings (SSSR count). The van der Waals surface area contributed by atoms with Crippen LogP contribution in [0.5, 0.6) is 5.75 Å². The van der Waals surface area contributed by atoms with Crippen LogP contribution >= 0.6 is 0 Å². The molecule has 94 valence electrons. The number of rotatable bonds is 5. The van der Waals surface area contributed by atoms with Crippen LogP contribution in [0.3, 0.4) is 0 Å². The standard InChI is InChI=1S/C13H16F2O2/c1-9(2)11(8-16)7-10-3-5-12(6-4-10)17-13(14)15/h3-7,9,13,16H,8H2,1-2H3. The average molecular weight is 242 g/mol. The third kappa shape index (κ3) is 4.53. The van der Waals surface area contributed by atoms with E-state index in [-0.39, 0.29) is 18.3 Å². The number of alkyl halides is 2. The Balaban J connectivity index is 2.80. The van der Waals surface area contributed by atoms with Crippen molar-refractivity contribution in [2.75, 3.05) is 6.61 Å². The Morgan fingerprint density at radius 2 is 1.88 bits per heavy atom. The first kappa shape index (κ1) is 13.6. The number of hydrogen-bond acceptors (Lipinski definition) is 2. The van der Waals surface area contributed by atoms with Crippen LogP contribution in [0.15, 0.2) is 29.8 Å². The summed E-state index contributed by atoms with van der Waals surface area (Å²) in [5.74, 6) is 0.379. The van der Waals surface area contributed by atoms with E-state index >= 15 is 0 Å². The van der Waals surface area contributed by atoms with Gasteiger partial charge in [-0.15, -0.1) is 0 Å². The molecule has 1 aromatic carbocycles. The average Bonchev–Trinajstić information content (AvgIpc) is 2.26. The Kier molecular flexibility index (Phi) is 5.10. The molecular weight excluding hydrogens is 226 g/mol. The number of aliphatic hydroxyl groups excluding tert-OH is 1. The summed E-state index contributed by atoms with van der Waals surface area (Å²) in [5, 5.41) is 9.14. The van der Waals surface area contributed by atoms with E-state index in [1.165, 1.54) is 12.1 Å². The van der Waals surface area contributed by atoms with Crippen molar-refractivity contribution in [2.24, 2.45) is 5.92 Å². The topological polar surface area (TPSA) is 29.5 Å². The number of aliphatic hydroxyl groups is 1. The lowest BCUT2D eigenvalue weighted by Crippen LogP contribution is -2.01. The Bertz CT molecular complexity index is 370. The Morgan fingerprint density at radius 1 is 1.29 bits per heavy atom. The number of halogens is 2. The van der Waals surface area contributed by atoms with Gasteiger partial charge in [-0.3, -0.25) is 0 Å². The Labute approximate surface area is 99.5 Å². The van der Waals surface area contributed by atoms with Gasteiger partial charge in [-0.1, -0.05) is 32.1 Å². The Hall–Kier alpha value is -1.42. The number of benzene rings is 1. The van der Waals surface area contributed by atoms with Crippen molar-refractivity contribution in [3.8, 4) is 5.75 Å². The van der Waals surface area contributed by atoms with Gasteiger partial charge in [0.1, 0.15) is 5.75 Å². The minimum atomic E-state index is -2.81. The molecule has 0 bridgehead atoms. The molecule has 0 amide bonds. The van der Waals surface area contributed by atoms with Crippen LogP contribution in [-0.2, 0) is 0 Å². The van der Waals surface area contributed by atoms with E-state index in [0.717, 1.165) is 11.1 Å². The van der Waals surface area contributed by atoms with E-state index in [4.69, 9.17) is 5.11 Å². The summed E-state index contributed by atoms with van der Waals surface area (Å²) in [6, 6.07) is 6.31. The lowest BCUT2D eigenvalue weighted by atomic mass is 10.0. The van der Waals surface area contributed by atoms with E-state index < -0.39 is 6.61 Å². The van der Waals surface area contributed by atoms with Crippen molar-refractivity contribution in [2.45, 2.75) is 20.5 Å². The summed E-state index contributed by atoms with van der Waals surface area (Å²) in [4.78, 5) is 0. The molecule has 0 atom stereocenters. The smallest absolute Gasteiger partial charge is 0.387 e. The van der Waals surface area contributed by atoms with Gasteiger partial charge in [0.2, 0.25) is 0 Å². The molecule has 0 aliphatic heterocycles. The largest absolute Gasteiger partial charge is 0.435 e. The highest BCUT2D eigenvalue weighted by Gasteiger charge is 2.04. The first-order chi connectivity index (χ1) is 8.02. The zero-order valence-electron chi connectivity index (χ0n) is 9.86. The van der Waals surface area contributed by atoms with E-state index in [0.29, 0.717) is 0 Å². The second-order valence-corrected chi connectivity index (χ2v) is 3.98. The zero-order valence-corrected chi connectivity index (χ0v) is 9.86. The summed E-state index contributed by atoms with van der Waals surface area (Å²) in [6.07, 6.45) is 1.84. The maximum atomic E-state index is 11.9. The van der Waals surface area contributed by atoms with Gasteiger partial charge in [-0.05, 0) is 29.2 Å². The van der Waals surface area contributed by atoms with Crippen LogP contribution in [0, 0.1) is 5.92 Å². The first-order valence-electron chi connectivity index (χ1n) is 5.39. The van der Waals surface area contributed by atoms with Crippen LogP contribution in [0.1, 0.15) is 19.4 Å². The number of ether oxygens (including phenoxy) is 1. The van der Waals surface area contributed by atoms with Crippen LogP contribution in [0.2, 0.25) is 0 Å². The van der Waals surface area contributed by atoms with Crippen LogP contribution in [0.4, 0.5) is 8.78 Å². The van der Waals surface area contributed by atoms with E-state index in [1.54, 1.807) is 12.1 Å². The SMILES string of the molecule is CC(C)C(=Cc1ccc(OC(F)F)cc1)CO. The summed E-state index contributed by atoms with van der Waals surface area (Å²) in [6.45, 7) is 1.15.